The van der Waals surface area contributed by atoms with E-state index in [4.69, 9.17) is 5.73 Å². The van der Waals surface area contributed by atoms with Crippen LogP contribution in [0.1, 0.15) is 25.3 Å². The van der Waals surface area contributed by atoms with Crippen molar-refractivity contribution < 1.29 is 0 Å². The number of nitrogen functional groups attached to an aromatic ring is 1. The van der Waals surface area contributed by atoms with Gasteiger partial charge in [0.15, 0.2) is 5.82 Å². The summed E-state index contributed by atoms with van der Waals surface area (Å²) in [5, 5.41) is 12.3. The average molecular weight is 349 g/mol. The van der Waals surface area contributed by atoms with E-state index in [1.807, 2.05) is 22.9 Å². The number of rotatable bonds is 3. The number of aromatic nitrogens is 4. The Bertz CT molecular complexity index is 665. The summed E-state index contributed by atoms with van der Waals surface area (Å²) in [6.45, 7) is 2.19. The van der Waals surface area contributed by atoms with E-state index in [0.29, 0.717) is 11.7 Å². The number of halogens is 1. The van der Waals surface area contributed by atoms with Crippen LogP contribution in [-0.2, 0) is 0 Å². The van der Waals surface area contributed by atoms with Crippen molar-refractivity contribution in [2.45, 2.75) is 31.3 Å². The number of hydrogen-bond donors (Lipinski definition) is 1. The Morgan fingerprint density at radius 1 is 1.19 bits per heavy atom. The summed E-state index contributed by atoms with van der Waals surface area (Å²) >= 11 is 3.55. The van der Waals surface area contributed by atoms with Gasteiger partial charge >= 0.3 is 0 Å². The van der Waals surface area contributed by atoms with Gasteiger partial charge in [-0.15, -0.1) is 5.10 Å². The molecule has 1 aromatic carbocycles. The average Bonchev–Trinajstić information content (AvgIpc) is 3.02. The number of benzene rings is 1. The normalized spacial score (nSPS) is 22.8. The van der Waals surface area contributed by atoms with Crippen LogP contribution < -0.4 is 5.73 Å². The number of hydrogen-bond acceptors (Lipinski definition) is 5. The first-order chi connectivity index (χ1) is 10.2. The Morgan fingerprint density at radius 3 is 2.86 bits per heavy atom. The Morgan fingerprint density at radius 2 is 2.05 bits per heavy atom. The van der Waals surface area contributed by atoms with Crippen LogP contribution in [-0.4, -0.2) is 44.2 Å². The largest absolute Gasteiger partial charge is 0.398 e. The van der Waals surface area contributed by atoms with Crippen molar-refractivity contribution in [2.75, 3.05) is 18.8 Å². The quantitative estimate of drug-likeness (QED) is 0.859. The van der Waals surface area contributed by atoms with Gasteiger partial charge in [-0.25, -0.2) is 4.68 Å². The molecule has 2 aromatic rings. The van der Waals surface area contributed by atoms with Crippen LogP contribution in [0, 0.1) is 0 Å². The predicted octanol–water partition coefficient (Wildman–Crippen LogP) is 2.09. The zero-order valence-corrected chi connectivity index (χ0v) is 13.2. The number of anilines is 1. The smallest absolute Gasteiger partial charge is 0.183 e. The molecule has 1 atom stereocenters. The van der Waals surface area contributed by atoms with Gasteiger partial charge in [-0.3, -0.25) is 4.90 Å². The second kappa shape index (κ2) is 5.06. The van der Waals surface area contributed by atoms with E-state index < -0.39 is 0 Å². The van der Waals surface area contributed by atoms with Crippen molar-refractivity contribution in [1.82, 2.24) is 25.1 Å². The molecule has 2 N–H and O–H groups in total. The van der Waals surface area contributed by atoms with Gasteiger partial charge in [0.25, 0.3) is 0 Å². The van der Waals surface area contributed by atoms with Crippen molar-refractivity contribution in [3.63, 3.8) is 0 Å². The predicted molar refractivity (Wildman–Crippen MR) is 83.6 cm³/mol. The van der Waals surface area contributed by atoms with Gasteiger partial charge in [0.1, 0.15) is 0 Å². The molecule has 1 aromatic heterocycles. The molecule has 2 fully saturated rings. The van der Waals surface area contributed by atoms with Crippen LogP contribution in [0.5, 0.6) is 0 Å². The molecule has 2 heterocycles. The van der Waals surface area contributed by atoms with Crippen LogP contribution >= 0.6 is 15.9 Å². The maximum atomic E-state index is 5.97. The molecule has 7 heteroatoms. The Hall–Kier alpha value is -1.47. The van der Waals surface area contributed by atoms with E-state index in [9.17, 15) is 0 Å². The third-order valence-electron chi connectivity index (χ3n) is 4.37. The van der Waals surface area contributed by atoms with Gasteiger partial charge in [0, 0.05) is 30.4 Å². The van der Waals surface area contributed by atoms with E-state index in [2.05, 4.69) is 36.4 Å². The van der Waals surface area contributed by atoms with E-state index in [1.165, 1.54) is 12.8 Å². The maximum absolute atomic E-state index is 5.97. The molecule has 1 unspecified atom stereocenters. The Kier molecular flexibility index (Phi) is 3.19. The number of nitrogens with two attached hydrogens (primary N) is 1. The topological polar surface area (TPSA) is 72.9 Å². The third-order valence-corrected chi connectivity index (χ3v) is 5.25. The minimum absolute atomic E-state index is 0.351. The zero-order valence-electron chi connectivity index (χ0n) is 11.6. The summed E-state index contributed by atoms with van der Waals surface area (Å²) in [5.74, 6) is 0.789. The molecule has 21 heavy (non-hydrogen) atoms. The zero-order chi connectivity index (χ0) is 14.4. The van der Waals surface area contributed by atoms with Crippen molar-refractivity contribution >= 4 is 21.6 Å². The van der Waals surface area contributed by atoms with Gasteiger partial charge in [-0.1, -0.05) is 6.07 Å². The lowest BCUT2D eigenvalue weighted by atomic mass is 10.1. The minimum atomic E-state index is 0.351. The van der Waals surface area contributed by atoms with E-state index in [0.717, 1.165) is 41.4 Å². The molecule has 0 bridgehead atoms. The lowest BCUT2D eigenvalue weighted by Crippen LogP contribution is -2.24. The van der Waals surface area contributed by atoms with E-state index >= 15 is 0 Å². The molecule has 110 valence electrons. The van der Waals surface area contributed by atoms with Crippen molar-refractivity contribution in [2.24, 2.45) is 0 Å². The molecule has 0 amide bonds. The molecule has 2 aliphatic rings. The van der Waals surface area contributed by atoms with Gasteiger partial charge in [0.2, 0.25) is 0 Å². The first-order valence-corrected chi connectivity index (χ1v) is 8.09. The molecular weight excluding hydrogens is 332 g/mol. The highest BCUT2D eigenvalue weighted by molar-refractivity contribution is 9.10. The summed E-state index contributed by atoms with van der Waals surface area (Å²) < 4.78 is 2.82. The maximum Gasteiger partial charge on any atom is 0.183 e. The summed E-state index contributed by atoms with van der Waals surface area (Å²) in [4.78, 5) is 2.56. The molecule has 0 spiro atoms. The first-order valence-electron chi connectivity index (χ1n) is 7.30. The van der Waals surface area contributed by atoms with Gasteiger partial charge in [-0.05, 0) is 57.8 Å². The second-order valence-corrected chi connectivity index (χ2v) is 6.62. The monoisotopic (exact) mass is 348 g/mol. The third kappa shape index (κ3) is 2.34. The highest BCUT2D eigenvalue weighted by Crippen LogP contribution is 2.36. The number of tetrazole rings is 1. The fourth-order valence-electron chi connectivity index (χ4n) is 3.08. The fourth-order valence-corrected chi connectivity index (χ4v) is 3.52. The van der Waals surface area contributed by atoms with Crippen LogP contribution in [0.15, 0.2) is 22.7 Å². The van der Waals surface area contributed by atoms with E-state index in [1.54, 1.807) is 0 Å². The molecule has 1 saturated heterocycles. The Labute approximate surface area is 131 Å². The van der Waals surface area contributed by atoms with Crippen molar-refractivity contribution in [3.05, 3.63) is 22.7 Å². The standard InChI is InChI=1S/C14H17BrN6/c15-13-11(2-1-3-12(13)16)14-17-18-19-21(14)10-6-7-20(8-10)9-4-5-9/h1-3,9-10H,4-8,16H2. The lowest BCUT2D eigenvalue weighted by molar-refractivity contribution is 0.309. The van der Waals surface area contributed by atoms with Crippen LogP contribution in [0.4, 0.5) is 5.69 Å². The number of nitrogens with zero attached hydrogens (tertiary/aromatic N) is 5. The van der Waals surface area contributed by atoms with Crippen LogP contribution in [0.2, 0.25) is 0 Å². The lowest BCUT2D eigenvalue weighted by Gasteiger charge is -2.16. The van der Waals surface area contributed by atoms with Crippen molar-refractivity contribution in [3.8, 4) is 11.4 Å². The fraction of sp³-hybridized carbons (Fsp3) is 0.500. The van der Waals surface area contributed by atoms with Crippen LogP contribution in [0.3, 0.4) is 0 Å². The SMILES string of the molecule is Nc1cccc(-c2nnnn2C2CCN(C3CC3)C2)c1Br. The summed E-state index contributed by atoms with van der Waals surface area (Å²) in [5.41, 5.74) is 7.62. The van der Waals surface area contributed by atoms with Crippen molar-refractivity contribution in [1.29, 1.82) is 0 Å². The first kappa shape index (κ1) is 13.2. The molecule has 4 rings (SSSR count). The second-order valence-electron chi connectivity index (χ2n) is 5.82. The Balaban J connectivity index is 1.66. The summed E-state index contributed by atoms with van der Waals surface area (Å²) in [7, 11) is 0. The van der Waals surface area contributed by atoms with Gasteiger partial charge in [0.05, 0.1) is 10.5 Å². The molecular formula is C14H17BrN6. The highest BCUT2D eigenvalue weighted by Gasteiger charge is 2.36. The minimum Gasteiger partial charge on any atom is -0.398 e. The van der Waals surface area contributed by atoms with Crippen LogP contribution in [0.25, 0.3) is 11.4 Å². The van der Waals surface area contributed by atoms with E-state index in [-0.39, 0.29) is 0 Å². The van der Waals surface area contributed by atoms with Gasteiger partial charge in [-0.2, -0.15) is 0 Å². The van der Waals surface area contributed by atoms with Gasteiger partial charge < -0.3 is 5.73 Å². The molecule has 1 saturated carbocycles. The summed E-state index contributed by atoms with van der Waals surface area (Å²) in [6.07, 6.45) is 3.79. The highest BCUT2D eigenvalue weighted by atomic mass is 79.9. The molecule has 1 aliphatic heterocycles. The number of likely N-dealkylation sites (tertiary alicyclic amines) is 1. The molecule has 6 nitrogen and oxygen atoms in total. The molecule has 1 aliphatic carbocycles. The molecule has 0 radical (unpaired) electrons. The summed E-state index contributed by atoms with van der Waals surface area (Å²) in [6, 6.07) is 6.94.